The van der Waals surface area contributed by atoms with Crippen LogP contribution < -0.4 is 16.2 Å². The summed E-state index contributed by atoms with van der Waals surface area (Å²) in [5.74, 6) is -0.497. The standard InChI is InChI=1S/C24H23FN6O3S/c1-12-9-22(30-31(12)2)26-18-11-17(28-29-23(18)33)13-3-5-15(25)16(6-4-13)27-24(34)21-10-14-19(32)7-8-20(14)35-21/h3,5-6,9-11,19,32H,4,7-8H2,1-2H3,(H,27,34)(H,29,33)(H,26,28,30). The van der Waals surface area contributed by atoms with E-state index in [9.17, 15) is 19.1 Å². The zero-order valence-corrected chi connectivity index (χ0v) is 19.9. The number of aliphatic hydroxyl groups is 1. The zero-order chi connectivity index (χ0) is 24.7. The average molecular weight is 495 g/mol. The molecule has 180 valence electrons. The maximum Gasteiger partial charge on any atom is 0.287 e. The van der Waals surface area contributed by atoms with Gasteiger partial charge in [0.2, 0.25) is 0 Å². The molecule has 4 N–H and O–H groups in total. The highest BCUT2D eigenvalue weighted by Gasteiger charge is 2.26. The molecule has 3 heterocycles. The van der Waals surface area contributed by atoms with E-state index in [1.807, 2.05) is 13.0 Å². The van der Waals surface area contributed by atoms with Gasteiger partial charge < -0.3 is 15.7 Å². The Morgan fingerprint density at radius 1 is 1.31 bits per heavy atom. The Labute approximate surface area is 203 Å². The monoisotopic (exact) mass is 494 g/mol. The summed E-state index contributed by atoms with van der Waals surface area (Å²) in [6, 6.07) is 5.07. The molecule has 1 atom stereocenters. The van der Waals surface area contributed by atoms with Crippen LogP contribution in [0.4, 0.5) is 15.9 Å². The largest absolute Gasteiger partial charge is 0.388 e. The van der Waals surface area contributed by atoms with Gasteiger partial charge in [0.1, 0.15) is 11.5 Å². The number of fused-ring (bicyclic) bond motifs is 1. The number of aromatic nitrogens is 4. The molecule has 2 aliphatic rings. The number of nitrogens with zero attached hydrogens (tertiary/aromatic N) is 3. The van der Waals surface area contributed by atoms with E-state index in [0.29, 0.717) is 28.4 Å². The van der Waals surface area contributed by atoms with Crippen LogP contribution in [-0.2, 0) is 13.5 Å². The lowest BCUT2D eigenvalue weighted by Crippen LogP contribution is -2.22. The number of thiophene rings is 1. The van der Waals surface area contributed by atoms with E-state index < -0.39 is 23.4 Å². The summed E-state index contributed by atoms with van der Waals surface area (Å²) in [7, 11) is 1.80. The molecule has 0 aromatic carbocycles. The number of halogens is 1. The predicted molar refractivity (Wildman–Crippen MR) is 131 cm³/mol. The number of carbonyl (C=O) groups excluding carboxylic acids is 1. The summed E-state index contributed by atoms with van der Waals surface area (Å²) in [5, 5.41) is 26.5. The summed E-state index contributed by atoms with van der Waals surface area (Å²) in [4.78, 5) is 26.4. The molecule has 3 aromatic heterocycles. The number of allylic oxidation sites excluding steroid dienone is 5. The minimum Gasteiger partial charge on any atom is -0.388 e. The van der Waals surface area contributed by atoms with Crippen molar-refractivity contribution in [2.75, 3.05) is 5.32 Å². The number of anilines is 2. The van der Waals surface area contributed by atoms with Crippen molar-refractivity contribution in [2.24, 2.45) is 7.05 Å². The number of H-pyrrole nitrogens is 1. The number of rotatable bonds is 5. The van der Waals surface area contributed by atoms with Crippen LogP contribution in [0.3, 0.4) is 0 Å². The van der Waals surface area contributed by atoms with Crippen LogP contribution in [0.5, 0.6) is 0 Å². The second-order valence-corrected chi connectivity index (χ2v) is 9.58. The van der Waals surface area contributed by atoms with E-state index in [4.69, 9.17) is 0 Å². The highest BCUT2D eigenvalue weighted by molar-refractivity contribution is 7.14. The van der Waals surface area contributed by atoms with Gasteiger partial charge >= 0.3 is 0 Å². The fraction of sp³-hybridized carbons (Fsp3) is 0.250. The number of aliphatic hydroxyl groups excluding tert-OH is 1. The van der Waals surface area contributed by atoms with Crippen LogP contribution >= 0.6 is 11.3 Å². The molecular weight excluding hydrogens is 471 g/mol. The summed E-state index contributed by atoms with van der Waals surface area (Å²) < 4.78 is 16.5. The van der Waals surface area contributed by atoms with Gasteiger partial charge in [0.25, 0.3) is 11.5 Å². The van der Waals surface area contributed by atoms with Gasteiger partial charge in [-0.3, -0.25) is 14.3 Å². The minimum absolute atomic E-state index is 0.0575. The van der Waals surface area contributed by atoms with Gasteiger partial charge in [-0.25, -0.2) is 9.49 Å². The molecule has 0 saturated heterocycles. The number of amides is 1. The van der Waals surface area contributed by atoms with Crippen molar-refractivity contribution in [3.63, 3.8) is 0 Å². The minimum atomic E-state index is -0.593. The lowest BCUT2D eigenvalue weighted by atomic mass is 10.1. The molecule has 1 unspecified atom stereocenters. The average Bonchev–Trinajstić information content (AvgIpc) is 3.46. The first-order valence-corrected chi connectivity index (χ1v) is 11.9. The summed E-state index contributed by atoms with van der Waals surface area (Å²) >= 11 is 1.32. The number of aromatic amines is 1. The first-order chi connectivity index (χ1) is 16.8. The van der Waals surface area contributed by atoms with Gasteiger partial charge in [-0.15, -0.1) is 11.3 Å². The maximum atomic E-state index is 14.8. The third-order valence-corrected chi connectivity index (χ3v) is 7.25. The second-order valence-electron chi connectivity index (χ2n) is 8.44. The molecule has 0 radical (unpaired) electrons. The highest BCUT2D eigenvalue weighted by Crippen LogP contribution is 2.37. The Morgan fingerprint density at radius 3 is 2.89 bits per heavy atom. The molecule has 0 bridgehead atoms. The van der Waals surface area contributed by atoms with Gasteiger partial charge in [0.15, 0.2) is 5.82 Å². The number of aryl methyl sites for hydroxylation is 3. The molecule has 0 saturated carbocycles. The van der Waals surface area contributed by atoms with Crippen molar-refractivity contribution in [1.82, 2.24) is 25.3 Å². The summed E-state index contributed by atoms with van der Waals surface area (Å²) in [6.45, 7) is 1.90. The van der Waals surface area contributed by atoms with Crippen LogP contribution in [-0.4, -0.2) is 31.0 Å². The Morgan fingerprint density at radius 2 is 2.14 bits per heavy atom. The van der Waals surface area contributed by atoms with Crippen molar-refractivity contribution in [1.29, 1.82) is 0 Å². The summed E-state index contributed by atoms with van der Waals surface area (Å²) in [5.41, 5.74) is 2.72. The van der Waals surface area contributed by atoms with E-state index in [2.05, 4.69) is 25.9 Å². The predicted octanol–water partition coefficient (Wildman–Crippen LogP) is 3.55. The molecule has 5 rings (SSSR count). The molecule has 0 spiro atoms. The van der Waals surface area contributed by atoms with E-state index in [-0.39, 0.29) is 17.8 Å². The van der Waals surface area contributed by atoms with Gasteiger partial charge in [-0.2, -0.15) is 10.2 Å². The van der Waals surface area contributed by atoms with Crippen molar-refractivity contribution >= 4 is 34.3 Å². The van der Waals surface area contributed by atoms with Crippen molar-refractivity contribution < 1.29 is 14.3 Å². The molecule has 1 amide bonds. The fourth-order valence-electron chi connectivity index (χ4n) is 4.00. The van der Waals surface area contributed by atoms with Gasteiger partial charge in [0, 0.05) is 23.7 Å². The van der Waals surface area contributed by atoms with Crippen LogP contribution in [0.15, 0.2) is 52.7 Å². The number of hydrogen-bond acceptors (Lipinski definition) is 7. The highest BCUT2D eigenvalue weighted by atomic mass is 32.1. The van der Waals surface area contributed by atoms with Crippen LogP contribution in [0.2, 0.25) is 0 Å². The van der Waals surface area contributed by atoms with E-state index in [0.717, 1.165) is 22.6 Å². The van der Waals surface area contributed by atoms with E-state index >= 15 is 0 Å². The smallest absolute Gasteiger partial charge is 0.287 e. The fourth-order valence-corrected chi connectivity index (χ4v) is 5.13. The quantitative estimate of drug-likeness (QED) is 0.430. The first kappa shape index (κ1) is 22.9. The molecular formula is C24H23FN6O3S. The van der Waals surface area contributed by atoms with Crippen molar-refractivity contribution in [2.45, 2.75) is 32.3 Å². The van der Waals surface area contributed by atoms with E-state index in [1.54, 1.807) is 36.0 Å². The zero-order valence-electron chi connectivity index (χ0n) is 19.1. The lowest BCUT2D eigenvalue weighted by molar-refractivity contribution is 0.0969. The van der Waals surface area contributed by atoms with Crippen LogP contribution in [0.25, 0.3) is 5.57 Å². The SMILES string of the molecule is Cc1cc(Nc2cc(C3=CC=C(F)C(NC(=O)c4cc5c(s4)CCC5O)=CC3)n[nH]c2=O)nn1C. The summed E-state index contributed by atoms with van der Waals surface area (Å²) in [6.07, 6.45) is 5.53. The van der Waals surface area contributed by atoms with Crippen LogP contribution in [0.1, 0.15) is 50.4 Å². The molecule has 35 heavy (non-hydrogen) atoms. The van der Waals surface area contributed by atoms with Gasteiger partial charge in [0.05, 0.1) is 22.4 Å². The van der Waals surface area contributed by atoms with Gasteiger partial charge in [-0.05, 0) is 55.5 Å². The molecule has 2 aliphatic carbocycles. The van der Waals surface area contributed by atoms with Gasteiger partial charge in [-0.1, -0.05) is 12.2 Å². The lowest BCUT2D eigenvalue weighted by Gasteiger charge is -2.08. The normalized spacial score (nSPS) is 17.3. The van der Waals surface area contributed by atoms with Crippen LogP contribution in [0, 0.1) is 6.92 Å². The Balaban J connectivity index is 1.33. The third-order valence-electron chi connectivity index (χ3n) is 6.04. The van der Waals surface area contributed by atoms with E-state index in [1.165, 1.54) is 17.4 Å². The molecule has 0 fully saturated rings. The molecule has 11 heteroatoms. The molecule has 3 aromatic rings. The first-order valence-electron chi connectivity index (χ1n) is 11.0. The molecule has 9 nitrogen and oxygen atoms in total. The second kappa shape index (κ2) is 9.08. The Kier molecular flexibility index (Phi) is 5.95. The number of carbonyl (C=O) groups is 1. The van der Waals surface area contributed by atoms with Crippen molar-refractivity contribution in [3.05, 3.63) is 85.0 Å². The van der Waals surface area contributed by atoms with Crippen molar-refractivity contribution in [3.8, 4) is 0 Å². The third kappa shape index (κ3) is 4.60. The topological polar surface area (TPSA) is 125 Å². The molecule has 0 aliphatic heterocycles. The number of nitrogens with one attached hydrogen (secondary N) is 3. The maximum absolute atomic E-state index is 14.8. The number of hydrogen-bond donors (Lipinski definition) is 4. The Hall–Kier alpha value is -3.83. The Bertz CT molecular complexity index is 1460.